The minimum atomic E-state index is 0.141. The number of hydrogen-bond donors (Lipinski definition) is 2. The van der Waals surface area contributed by atoms with Crippen molar-refractivity contribution in [1.82, 2.24) is 5.32 Å². The first-order valence-corrected chi connectivity index (χ1v) is 4.09. The fourth-order valence-corrected chi connectivity index (χ4v) is 0.815. The molecular formula is C8H18N2. The lowest BCUT2D eigenvalue weighted by molar-refractivity contribution is 0.391. The van der Waals surface area contributed by atoms with Crippen LogP contribution in [0.5, 0.6) is 0 Å². The Bertz CT molecular complexity index is 106. The molecule has 10 heavy (non-hydrogen) atoms. The van der Waals surface area contributed by atoms with E-state index in [9.17, 15) is 0 Å². The number of hydrogen-bond acceptors (Lipinski definition) is 2. The van der Waals surface area contributed by atoms with Crippen LogP contribution in [-0.4, -0.2) is 18.6 Å². The second kappa shape index (κ2) is 2.89. The maximum absolute atomic E-state index is 5.55. The average molecular weight is 142 g/mol. The molecule has 2 heteroatoms. The average Bonchev–Trinajstić information content (AvgIpc) is 2.66. The van der Waals surface area contributed by atoms with Gasteiger partial charge in [-0.2, -0.15) is 0 Å². The quantitative estimate of drug-likeness (QED) is 0.607. The van der Waals surface area contributed by atoms with Crippen molar-refractivity contribution in [2.75, 3.05) is 13.1 Å². The summed E-state index contributed by atoms with van der Waals surface area (Å²) in [5, 5.41) is 3.45. The molecule has 0 aromatic heterocycles. The predicted molar refractivity (Wildman–Crippen MR) is 43.9 cm³/mol. The fourth-order valence-electron chi connectivity index (χ4n) is 0.815. The fraction of sp³-hybridized carbons (Fsp3) is 1.00. The van der Waals surface area contributed by atoms with Crippen molar-refractivity contribution >= 4 is 0 Å². The van der Waals surface area contributed by atoms with E-state index in [0.717, 1.165) is 19.0 Å². The van der Waals surface area contributed by atoms with Crippen molar-refractivity contribution < 1.29 is 0 Å². The third-order valence-corrected chi connectivity index (χ3v) is 2.08. The molecule has 0 atom stereocenters. The molecule has 0 aromatic carbocycles. The Morgan fingerprint density at radius 2 is 2.10 bits per heavy atom. The summed E-state index contributed by atoms with van der Waals surface area (Å²) in [6.07, 6.45) is 2.82. The van der Waals surface area contributed by atoms with Crippen LogP contribution >= 0.6 is 0 Å². The molecule has 0 aliphatic heterocycles. The van der Waals surface area contributed by atoms with Crippen LogP contribution in [-0.2, 0) is 0 Å². The van der Waals surface area contributed by atoms with Crippen molar-refractivity contribution in [3.05, 3.63) is 0 Å². The molecule has 1 aliphatic rings. The van der Waals surface area contributed by atoms with Crippen molar-refractivity contribution in [3.63, 3.8) is 0 Å². The second-order valence-electron chi connectivity index (χ2n) is 3.91. The van der Waals surface area contributed by atoms with E-state index in [1.165, 1.54) is 12.8 Å². The van der Waals surface area contributed by atoms with E-state index in [-0.39, 0.29) is 5.54 Å². The molecule has 0 saturated heterocycles. The lowest BCUT2D eigenvalue weighted by Crippen LogP contribution is -2.46. The third kappa shape index (κ3) is 2.67. The van der Waals surface area contributed by atoms with Gasteiger partial charge < -0.3 is 11.1 Å². The van der Waals surface area contributed by atoms with Gasteiger partial charge in [0.25, 0.3) is 0 Å². The molecule has 1 fully saturated rings. The summed E-state index contributed by atoms with van der Waals surface area (Å²) < 4.78 is 0. The summed E-state index contributed by atoms with van der Waals surface area (Å²) >= 11 is 0. The van der Waals surface area contributed by atoms with Crippen molar-refractivity contribution in [2.24, 2.45) is 11.7 Å². The van der Waals surface area contributed by atoms with Gasteiger partial charge in [-0.15, -0.1) is 0 Å². The summed E-state index contributed by atoms with van der Waals surface area (Å²) in [6, 6.07) is 0. The molecule has 0 unspecified atom stereocenters. The minimum Gasteiger partial charge on any atom is -0.329 e. The highest BCUT2D eigenvalue weighted by Gasteiger charge is 2.24. The Hall–Kier alpha value is -0.0800. The monoisotopic (exact) mass is 142 g/mol. The van der Waals surface area contributed by atoms with Crippen molar-refractivity contribution in [2.45, 2.75) is 32.2 Å². The molecule has 3 N–H and O–H groups in total. The molecule has 2 nitrogen and oxygen atoms in total. The van der Waals surface area contributed by atoms with Crippen LogP contribution in [0.4, 0.5) is 0 Å². The van der Waals surface area contributed by atoms with E-state index in [2.05, 4.69) is 19.2 Å². The zero-order chi connectivity index (χ0) is 7.61. The zero-order valence-electron chi connectivity index (χ0n) is 6.98. The summed E-state index contributed by atoms with van der Waals surface area (Å²) in [6.45, 7) is 6.18. The van der Waals surface area contributed by atoms with Gasteiger partial charge in [-0.3, -0.25) is 0 Å². The Balaban J connectivity index is 2.09. The van der Waals surface area contributed by atoms with Crippen LogP contribution in [0.1, 0.15) is 26.7 Å². The molecule has 0 aromatic rings. The molecule has 1 aliphatic carbocycles. The normalized spacial score (nSPS) is 19.5. The van der Waals surface area contributed by atoms with Gasteiger partial charge in [0.1, 0.15) is 0 Å². The van der Waals surface area contributed by atoms with Gasteiger partial charge >= 0.3 is 0 Å². The molecule has 0 spiro atoms. The summed E-state index contributed by atoms with van der Waals surface area (Å²) in [5.41, 5.74) is 5.69. The number of rotatable bonds is 4. The van der Waals surface area contributed by atoms with E-state index in [1.54, 1.807) is 0 Å². The van der Waals surface area contributed by atoms with Crippen LogP contribution < -0.4 is 11.1 Å². The summed E-state index contributed by atoms with van der Waals surface area (Å²) in [7, 11) is 0. The number of nitrogens with two attached hydrogens (primary N) is 1. The molecule has 60 valence electrons. The zero-order valence-corrected chi connectivity index (χ0v) is 6.98. The first-order chi connectivity index (χ1) is 4.64. The maximum Gasteiger partial charge on any atom is 0.0247 e. The Labute approximate surface area is 63.2 Å². The molecule has 0 radical (unpaired) electrons. The molecule has 0 bridgehead atoms. The Morgan fingerprint density at radius 3 is 2.50 bits per heavy atom. The van der Waals surface area contributed by atoms with E-state index in [0.29, 0.717) is 0 Å². The molecule has 0 heterocycles. The first-order valence-electron chi connectivity index (χ1n) is 4.09. The van der Waals surface area contributed by atoms with Crippen molar-refractivity contribution in [3.8, 4) is 0 Å². The summed E-state index contributed by atoms with van der Waals surface area (Å²) in [5.74, 6) is 0.950. The smallest absolute Gasteiger partial charge is 0.0247 e. The number of nitrogens with one attached hydrogen (secondary N) is 1. The molecule has 1 rings (SSSR count). The third-order valence-electron chi connectivity index (χ3n) is 2.08. The van der Waals surface area contributed by atoms with Gasteiger partial charge in [-0.1, -0.05) is 0 Å². The largest absolute Gasteiger partial charge is 0.329 e. The summed E-state index contributed by atoms with van der Waals surface area (Å²) in [4.78, 5) is 0. The minimum absolute atomic E-state index is 0.141. The van der Waals surface area contributed by atoms with Gasteiger partial charge in [0.2, 0.25) is 0 Å². The SMILES string of the molecule is CC(C)(CN)NCC1CC1. The van der Waals surface area contributed by atoms with Crippen LogP contribution in [0.15, 0.2) is 0 Å². The van der Waals surface area contributed by atoms with Crippen LogP contribution in [0, 0.1) is 5.92 Å². The van der Waals surface area contributed by atoms with Crippen LogP contribution in [0.2, 0.25) is 0 Å². The van der Waals surface area contributed by atoms with E-state index >= 15 is 0 Å². The highest BCUT2D eigenvalue weighted by Crippen LogP contribution is 2.28. The van der Waals surface area contributed by atoms with E-state index < -0.39 is 0 Å². The van der Waals surface area contributed by atoms with Gasteiger partial charge in [0.15, 0.2) is 0 Å². The van der Waals surface area contributed by atoms with E-state index in [1.807, 2.05) is 0 Å². The van der Waals surface area contributed by atoms with Gasteiger partial charge in [-0.05, 0) is 39.2 Å². The van der Waals surface area contributed by atoms with Gasteiger partial charge in [0.05, 0.1) is 0 Å². The lowest BCUT2D eigenvalue weighted by Gasteiger charge is -2.24. The van der Waals surface area contributed by atoms with Crippen LogP contribution in [0.25, 0.3) is 0 Å². The Kier molecular flexibility index (Phi) is 2.32. The first kappa shape index (κ1) is 8.02. The van der Waals surface area contributed by atoms with Gasteiger partial charge in [0, 0.05) is 12.1 Å². The lowest BCUT2D eigenvalue weighted by atomic mass is 10.1. The van der Waals surface area contributed by atoms with Crippen molar-refractivity contribution in [1.29, 1.82) is 0 Å². The molecular weight excluding hydrogens is 124 g/mol. The topological polar surface area (TPSA) is 38.0 Å². The molecule has 1 saturated carbocycles. The molecule has 0 amide bonds. The predicted octanol–water partition coefficient (Wildman–Crippen LogP) is 0.723. The standard InChI is InChI=1S/C8H18N2/c1-8(2,6-9)10-5-7-3-4-7/h7,10H,3-6,9H2,1-2H3. The highest BCUT2D eigenvalue weighted by atomic mass is 15.0. The highest BCUT2D eigenvalue weighted by molar-refractivity contribution is 4.83. The second-order valence-corrected chi connectivity index (χ2v) is 3.91. The van der Waals surface area contributed by atoms with Crippen LogP contribution in [0.3, 0.4) is 0 Å². The Morgan fingerprint density at radius 1 is 1.50 bits per heavy atom. The van der Waals surface area contributed by atoms with E-state index in [4.69, 9.17) is 5.73 Å². The maximum atomic E-state index is 5.55. The van der Waals surface area contributed by atoms with Gasteiger partial charge in [-0.25, -0.2) is 0 Å².